The third kappa shape index (κ3) is 4.68. The van der Waals surface area contributed by atoms with Crippen molar-refractivity contribution < 1.29 is 28.2 Å². The maximum absolute atomic E-state index is 14.4. The molecule has 1 heterocycles. The molecule has 2 aromatic carbocycles. The van der Waals surface area contributed by atoms with Gasteiger partial charge in [0.25, 0.3) is 5.91 Å². The average molecular weight is 432 g/mol. The van der Waals surface area contributed by atoms with Crippen molar-refractivity contribution in [1.82, 2.24) is 4.57 Å². The lowest BCUT2D eigenvalue weighted by atomic mass is 10.1. The fourth-order valence-corrected chi connectivity index (χ4v) is 4.03. The Morgan fingerprint density at radius 3 is 2.60 bits per heavy atom. The SMILES string of the molecule is CCOC(=O)Cn1c(=NC(=O)Cc2ccc(OC)c(OC)c2)sc2cccc(F)c21. The van der Waals surface area contributed by atoms with Crippen molar-refractivity contribution in [1.29, 1.82) is 0 Å². The van der Waals surface area contributed by atoms with Crippen LogP contribution in [0.5, 0.6) is 11.5 Å². The Morgan fingerprint density at radius 2 is 1.90 bits per heavy atom. The molecule has 1 amide bonds. The summed E-state index contributed by atoms with van der Waals surface area (Å²) >= 11 is 1.13. The summed E-state index contributed by atoms with van der Waals surface area (Å²) in [6.07, 6.45) is 0.0104. The minimum atomic E-state index is -0.533. The fourth-order valence-electron chi connectivity index (χ4n) is 2.97. The number of ether oxygens (including phenoxy) is 3. The van der Waals surface area contributed by atoms with E-state index in [4.69, 9.17) is 14.2 Å². The number of methoxy groups -OCH3 is 2. The van der Waals surface area contributed by atoms with E-state index in [1.165, 1.54) is 24.9 Å². The predicted octanol–water partition coefficient (Wildman–Crippen LogP) is 3.09. The van der Waals surface area contributed by atoms with E-state index in [0.717, 1.165) is 11.3 Å². The van der Waals surface area contributed by atoms with Crippen LogP contribution in [-0.4, -0.2) is 37.3 Å². The Balaban J connectivity index is 1.97. The van der Waals surface area contributed by atoms with Gasteiger partial charge >= 0.3 is 5.97 Å². The van der Waals surface area contributed by atoms with Gasteiger partial charge in [0, 0.05) is 0 Å². The van der Waals surface area contributed by atoms with Gasteiger partial charge in [-0.3, -0.25) is 9.59 Å². The van der Waals surface area contributed by atoms with Crippen LogP contribution in [0.4, 0.5) is 4.39 Å². The Kier molecular flexibility index (Phi) is 6.83. The van der Waals surface area contributed by atoms with Crippen LogP contribution in [0.25, 0.3) is 10.2 Å². The number of para-hydroxylation sites is 1. The average Bonchev–Trinajstić information content (AvgIpc) is 3.06. The summed E-state index contributed by atoms with van der Waals surface area (Å²) in [5, 5.41) is 0. The number of hydrogen-bond donors (Lipinski definition) is 0. The topological polar surface area (TPSA) is 79.1 Å². The first-order chi connectivity index (χ1) is 14.5. The summed E-state index contributed by atoms with van der Waals surface area (Å²) in [5.41, 5.74) is 0.902. The van der Waals surface area contributed by atoms with Gasteiger partial charge in [-0.1, -0.05) is 23.5 Å². The van der Waals surface area contributed by atoms with E-state index in [-0.39, 0.29) is 29.9 Å². The molecule has 0 radical (unpaired) electrons. The van der Waals surface area contributed by atoms with E-state index in [2.05, 4.69) is 4.99 Å². The monoisotopic (exact) mass is 432 g/mol. The Labute approximate surface area is 176 Å². The highest BCUT2D eigenvalue weighted by Crippen LogP contribution is 2.27. The van der Waals surface area contributed by atoms with Crippen LogP contribution in [0, 0.1) is 5.82 Å². The molecule has 30 heavy (non-hydrogen) atoms. The van der Waals surface area contributed by atoms with Crippen molar-refractivity contribution in [2.75, 3.05) is 20.8 Å². The summed E-state index contributed by atoms with van der Waals surface area (Å²) in [6, 6.07) is 9.72. The number of amides is 1. The lowest BCUT2D eigenvalue weighted by Crippen LogP contribution is -2.23. The highest BCUT2D eigenvalue weighted by atomic mass is 32.1. The van der Waals surface area contributed by atoms with Gasteiger partial charge < -0.3 is 18.8 Å². The van der Waals surface area contributed by atoms with E-state index in [1.807, 2.05) is 0 Å². The van der Waals surface area contributed by atoms with Crippen LogP contribution in [0.1, 0.15) is 12.5 Å². The van der Waals surface area contributed by atoms with Gasteiger partial charge in [0.15, 0.2) is 16.3 Å². The zero-order chi connectivity index (χ0) is 21.7. The summed E-state index contributed by atoms with van der Waals surface area (Å²) in [7, 11) is 3.04. The third-order valence-electron chi connectivity index (χ3n) is 4.27. The molecule has 0 atom stereocenters. The molecule has 3 aromatic rings. The number of halogens is 1. The van der Waals surface area contributed by atoms with Gasteiger partial charge in [-0.25, -0.2) is 4.39 Å². The second-order valence-corrected chi connectivity index (χ2v) is 7.24. The van der Waals surface area contributed by atoms with Gasteiger partial charge in [-0.2, -0.15) is 4.99 Å². The summed E-state index contributed by atoms with van der Waals surface area (Å²) in [5.74, 6) is -0.412. The molecule has 0 aliphatic rings. The molecule has 0 aliphatic carbocycles. The van der Waals surface area contributed by atoms with Crippen molar-refractivity contribution >= 4 is 33.4 Å². The minimum absolute atomic E-state index is 0.0104. The molecule has 1 aromatic heterocycles. The minimum Gasteiger partial charge on any atom is -0.493 e. The molecule has 0 N–H and O–H groups in total. The molecule has 158 valence electrons. The van der Waals surface area contributed by atoms with Crippen molar-refractivity contribution in [2.45, 2.75) is 19.9 Å². The van der Waals surface area contributed by atoms with Crippen molar-refractivity contribution in [2.24, 2.45) is 4.99 Å². The summed E-state index contributed by atoms with van der Waals surface area (Å²) in [6.45, 7) is 1.65. The first kappa shape index (κ1) is 21.5. The largest absolute Gasteiger partial charge is 0.493 e. The van der Waals surface area contributed by atoms with Crippen LogP contribution in [0.2, 0.25) is 0 Å². The highest BCUT2D eigenvalue weighted by Gasteiger charge is 2.15. The number of esters is 1. The van der Waals surface area contributed by atoms with Crippen LogP contribution in [0.3, 0.4) is 0 Å². The Hall–Kier alpha value is -3.20. The van der Waals surface area contributed by atoms with E-state index in [9.17, 15) is 14.0 Å². The van der Waals surface area contributed by atoms with Gasteiger partial charge in [0.05, 0.1) is 37.5 Å². The number of rotatable bonds is 7. The maximum Gasteiger partial charge on any atom is 0.326 e. The molecular weight excluding hydrogens is 411 g/mol. The lowest BCUT2D eigenvalue weighted by Gasteiger charge is -2.08. The van der Waals surface area contributed by atoms with E-state index >= 15 is 0 Å². The van der Waals surface area contributed by atoms with Gasteiger partial charge in [-0.15, -0.1) is 0 Å². The maximum atomic E-state index is 14.4. The fraction of sp³-hybridized carbons (Fsp3) is 0.286. The predicted molar refractivity (Wildman–Crippen MR) is 110 cm³/mol. The van der Waals surface area contributed by atoms with E-state index < -0.39 is 17.7 Å². The van der Waals surface area contributed by atoms with Crippen molar-refractivity contribution in [3.8, 4) is 11.5 Å². The number of carbonyl (C=O) groups is 2. The van der Waals surface area contributed by atoms with E-state index in [0.29, 0.717) is 21.8 Å². The quantitative estimate of drug-likeness (QED) is 0.536. The zero-order valence-electron chi connectivity index (χ0n) is 16.8. The molecule has 0 saturated carbocycles. The first-order valence-electron chi connectivity index (χ1n) is 9.18. The molecular formula is C21H21FN2O5S. The number of aromatic nitrogens is 1. The molecule has 0 unspecified atom stereocenters. The Bertz CT molecular complexity index is 1150. The van der Waals surface area contributed by atoms with E-state index in [1.54, 1.807) is 37.3 Å². The molecule has 0 spiro atoms. The first-order valence-corrected chi connectivity index (χ1v) is 10.00. The van der Waals surface area contributed by atoms with Crippen LogP contribution < -0.4 is 14.3 Å². The number of fused-ring (bicyclic) bond motifs is 1. The standard InChI is InChI=1S/C21H21FN2O5S/c1-4-29-19(26)12-24-20-14(22)6-5-7-17(20)30-21(24)23-18(25)11-13-8-9-15(27-2)16(10-13)28-3/h5-10H,4,11-12H2,1-3H3. The van der Waals surface area contributed by atoms with Gasteiger partial charge in [-0.05, 0) is 36.8 Å². The van der Waals surface area contributed by atoms with Gasteiger partial charge in [0.2, 0.25) is 0 Å². The second-order valence-electron chi connectivity index (χ2n) is 6.23. The number of thiazole rings is 1. The lowest BCUT2D eigenvalue weighted by molar-refractivity contribution is -0.143. The molecule has 0 aliphatic heterocycles. The molecule has 9 heteroatoms. The molecule has 7 nitrogen and oxygen atoms in total. The molecule has 0 bridgehead atoms. The summed E-state index contributed by atoms with van der Waals surface area (Å²) in [4.78, 5) is 29.0. The zero-order valence-corrected chi connectivity index (χ0v) is 17.6. The van der Waals surface area contributed by atoms with Crippen LogP contribution in [0.15, 0.2) is 41.4 Å². The van der Waals surface area contributed by atoms with Crippen LogP contribution in [-0.2, 0) is 27.3 Å². The second kappa shape index (κ2) is 9.53. The number of nitrogens with zero attached hydrogens (tertiary/aromatic N) is 2. The smallest absolute Gasteiger partial charge is 0.326 e. The Morgan fingerprint density at radius 1 is 1.13 bits per heavy atom. The number of hydrogen-bond acceptors (Lipinski definition) is 6. The molecule has 0 fully saturated rings. The molecule has 0 saturated heterocycles. The van der Waals surface area contributed by atoms with Crippen molar-refractivity contribution in [3.63, 3.8) is 0 Å². The molecule has 3 rings (SSSR count). The van der Waals surface area contributed by atoms with Gasteiger partial charge in [0.1, 0.15) is 12.4 Å². The number of carbonyl (C=O) groups excluding carboxylic acids is 2. The third-order valence-corrected chi connectivity index (χ3v) is 5.31. The highest BCUT2D eigenvalue weighted by molar-refractivity contribution is 7.16. The summed E-state index contributed by atoms with van der Waals surface area (Å²) < 4.78 is 31.8. The number of benzene rings is 2. The normalized spacial score (nSPS) is 11.5. The van der Waals surface area contributed by atoms with Crippen molar-refractivity contribution in [3.05, 3.63) is 52.6 Å². The van der Waals surface area contributed by atoms with Crippen LogP contribution >= 0.6 is 11.3 Å².